The van der Waals surface area contributed by atoms with Crippen molar-refractivity contribution < 1.29 is 13.2 Å². The summed E-state index contributed by atoms with van der Waals surface area (Å²) in [5, 5.41) is 4.13. The van der Waals surface area contributed by atoms with Crippen LogP contribution in [-0.4, -0.2) is 9.78 Å². The lowest BCUT2D eigenvalue weighted by molar-refractivity contribution is -0.141. The Morgan fingerprint density at radius 2 is 1.61 bits per heavy atom. The van der Waals surface area contributed by atoms with E-state index in [4.69, 9.17) is 11.6 Å². The molecule has 0 amide bonds. The average Bonchev–Trinajstić information content (AvgIpc) is 3.29. The second-order valence-corrected chi connectivity index (χ2v) is 7.75. The smallest absolute Gasteiger partial charge is 0.230 e. The van der Waals surface area contributed by atoms with Crippen molar-refractivity contribution in [2.24, 2.45) is 0 Å². The minimum absolute atomic E-state index is 0.330. The van der Waals surface area contributed by atoms with Crippen molar-refractivity contribution in [1.82, 2.24) is 9.78 Å². The molecule has 7 heteroatoms. The molecule has 0 atom stereocenters. The molecule has 0 saturated carbocycles. The first-order valence-electron chi connectivity index (χ1n) is 8.43. The largest absolute Gasteiger partial charge is 0.435 e. The van der Waals surface area contributed by atoms with Crippen LogP contribution in [0.15, 0.2) is 66.7 Å². The molecular weight excluding hydrogens is 405 g/mol. The van der Waals surface area contributed by atoms with Crippen LogP contribution in [0.4, 0.5) is 13.2 Å². The highest BCUT2D eigenvalue weighted by molar-refractivity contribution is 7.18. The number of nitrogens with zero attached hydrogens (tertiary/aromatic N) is 2. The molecule has 2 aromatic heterocycles. The summed E-state index contributed by atoms with van der Waals surface area (Å²) in [6.07, 6.45) is -4.54. The average molecular weight is 419 g/mol. The van der Waals surface area contributed by atoms with E-state index in [1.165, 1.54) is 16.0 Å². The highest BCUT2D eigenvalue weighted by Crippen LogP contribution is 2.39. The van der Waals surface area contributed by atoms with Crippen LogP contribution in [0.25, 0.3) is 26.7 Å². The molecule has 0 radical (unpaired) electrons. The van der Waals surface area contributed by atoms with E-state index in [0.717, 1.165) is 22.1 Å². The molecule has 4 aromatic rings. The lowest BCUT2D eigenvalue weighted by Gasteiger charge is -2.08. The molecule has 28 heavy (non-hydrogen) atoms. The van der Waals surface area contributed by atoms with Gasteiger partial charge in [0.2, 0.25) is 0 Å². The molecule has 0 bridgehead atoms. The van der Waals surface area contributed by atoms with Crippen molar-refractivity contribution in [2.75, 3.05) is 0 Å². The van der Waals surface area contributed by atoms with Gasteiger partial charge in [-0.25, -0.2) is 4.68 Å². The van der Waals surface area contributed by atoms with E-state index >= 15 is 0 Å². The molecule has 0 saturated heterocycles. The van der Waals surface area contributed by atoms with Crippen LogP contribution in [0.2, 0.25) is 5.02 Å². The van der Waals surface area contributed by atoms with E-state index in [1.54, 1.807) is 24.3 Å². The number of hydrogen-bond donors (Lipinski definition) is 0. The van der Waals surface area contributed by atoms with Crippen molar-refractivity contribution in [3.05, 3.63) is 83.0 Å². The number of para-hydroxylation sites is 1. The maximum absolute atomic E-state index is 13.3. The molecule has 142 valence electrons. The summed E-state index contributed by atoms with van der Waals surface area (Å²) in [4.78, 5) is 1.66. The van der Waals surface area contributed by atoms with E-state index < -0.39 is 11.9 Å². The third-order valence-electron chi connectivity index (χ3n) is 4.35. The van der Waals surface area contributed by atoms with Crippen molar-refractivity contribution in [3.63, 3.8) is 0 Å². The predicted octanol–water partition coefficient (Wildman–Crippen LogP) is 7.25. The number of rotatable bonds is 3. The molecular formula is C21H14ClF3N2S. The molecule has 0 fully saturated rings. The number of benzene rings is 2. The van der Waals surface area contributed by atoms with Gasteiger partial charge in [0.05, 0.1) is 21.3 Å². The van der Waals surface area contributed by atoms with Crippen molar-refractivity contribution in [3.8, 4) is 26.7 Å². The van der Waals surface area contributed by atoms with Gasteiger partial charge in [-0.1, -0.05) is 48.0 Å². The minimum Gasteiger partial charge on any atom is -0.230 e. The number of aryl methyl sites for hydroxylation is 1. The molecule has 0 aliphatic carbocycles. The summed E-state index contributed by atoms with van der Waals surface area (Å²) >= 11 is 7.65. The van der Waals surface area contributed by atoms with E-state index in [1.807, 2.05) is 43.3 Å². The van der Waals surface area contributed by atoms with Gasteiger partial charge in [-0.2, -0.15) is 18.3 Å². The van der Waals surface area contributed by atoms with Crippen molar-refractivity contribution in [2.45, 2.75) is 13.1 Å². The first-order chi connectivity index (χ1) is 13.3. The van der Waals surface area contributed by atoms with Crippen LogP contribution in [-0.2, 0) is 6.18 Å². The Balaban J connectivity index is 1.87. The van der Waals surface area contributed by atoms with E-state index in [9.17, 15) is 13.2 Å². The number of halogens is 4. The summed E-state index contributed by atoms with van der Waals surface area (Å²) in [6.45, 7) is 2.00. The molecule has 4 rings (SSSR count). The van der Waals surface area contributed by atoms with Gasteiger partial charge in [0, 0.05) is 4.88 Å². The topological polar surface area (TPSA) is 17.8 Å². The van der Waals surface area contributed by atoms with Gasteiger partial charge in [-0.3, -0.25) is 0 Å². The second-order valence-electron chi connectivity index (χ2n) is 6.25. The van der Waals surface area contributed by atoms with Crippen LogP contribution in [0.5, 0.6) is 0 Å². The summed E-state index contributed by atoms with van der Waals surface area (Å²) in [7, 11) is 0. The highest BCUT2D eigenvalue weighted by atomic mass is 35.5. The second kappa shape index (κ2) is 7.11. The fourth-order valence-electron chi connectivity index (χ4n) is 2.97. The monoisotopic (exact) mass is 418 g/mol. The Morgan fingerprint density at radius 3 is 2.32 bits per heavy atom. The molecule has 0 N–H and O–H groups in total. The van der Waals surface area contributed by atoms with E-state index in [2.05, 4.69) is 5.10 Å². The fourth-order valence-corrected chi connectivity index (χ4v) is 4.29. The van der Waals surface area contributed by atoms with Crippen LogP contribution in [0, 0.1) is 6.92 Å². The predicted molar refractivity (Wildman–Crippen MR) is 107 cm³/mol. The molecule has 2 heterocycles. The molecule has 0 unspecified atom stereocenters. The molecule has 0 aliphatic heterocycles. The van der Waals surface area contributed by atoms with Gasteiger partial charge >= 0.3 is 6.18 Å². The van der Waals surface area contributed by atoms with Crippen molar-refractivity contribution >= 4 is 22.9 Å². The minimum atomic E-state index is -4.54. The lowest BCUT2D eigenvalue weighted by Crippen LogP contribution is -2.07. The van der Waals surface area contributed by atoms with Gasteiger partial charge in [0.15, 0.2) is 5.69 Å². The van der Waals surface area contributed by atoms with Crippen LogP contribution < -0.4 is 0 Å². The zero-order valence-electron chi connectivity index (χ0n) is 14.7. The molecule has 0 aliphatic rings. The number of thiophene rings is 1. The Bertz CT molecular complexity index is 1140. The van der Waals surface area contributed by atoms with Crippen LogP contribution in [0.3, 0.4) is 0 Å². The Labute approximate surface area is 168 Å². The highest BCUT2D eigenvalue weighted by Gasteiger charge is 2.35. The van der Waals surface area contributed by atoms with Gasteiger partial charge < -0.3 is 0 Å². The SMILES string of the molecule is Cc1ccccc1-c1ccc(-c2cc(C(F)(F)F)nn2-c2ccccc2Cl)s1. The van der Waals surface area contributed by atoms with Crippen LogP contribution in [0.1, 0.15) is 11.3 Å². The van der Waals surface area contributed by atoms with Gasteiger partial charge in [0.1, 0.15) is 0 Å². The van der Waals surface area contributed by atoms with Crippen molar-refractivity contribution in [1.29, 1.82) is 0 Å². The zero-order valence-corrected chi connectivity index (χ0v) is 16.2. The maximum atomic E-state index is 13.3. The zero-order chi connectivity index (χ0) is 19.9. The molecule has 0 spiro atoms. The van der Waals surface area contributed by atoms with Gasteiger partial charge in [-0.05, 0) is 48.4 Å². The quantitative estimate of drug-likeness (QED) is 0.342. The fraction of sp³-hybridized carbons (Fsp3) is 0.0952. The number of hydrogen-bond acceptors (Lipinski definition) is 2. The summed E-state index contributed by atoms with van der Waals surface area (Å²) in [5.74, 6) is 0. The van der Waals surface area contributed by atoms with E-state index in [0.29, 0.717) is 21.3 Å². The van der Waals surface area contributed by atoms with Gasteiger partial charge in [0.25, 0.3) is 0 Å². The number of alkyl halides is 3. The Kier molecular flexibility index (Phi) is 4.77. The maximum Gasteiger partial charge on any atom is 0.435 e. The number of aromatic nitrogens is 2. The summed E-state index contributed by atoms with van der Waals surface area (Å²) in [6, 6.07) is 19.4. The Hall–Kier alpha value is -2.57. The first-order valence-corrected chi connectivity index (χ1v) is 9.62. The summed E-state index contributed by atoms with van der Waals surface area (Å²) in [5.41, 5.74) is 1.96. The molecule has 2 aromatic carbocycles. The van der Waals surface area contributed by atoms with E-state index in [-0.39, 0.29) is 0 Å². The third kappa shape index (κ3) is 3.45. The molecule has 2 nitrogen and oxygen atoms in total. The third-order valence-corrected chi connectivity index (χ3v) is 5.81. The normalized spacial score (nSPS) is 11.8. The summed E-state index contributed by atoms with van der Waals surface area (Å²) < 4.78 is 41.3. The standard InChI is InChI=1S/C21H14ClF3N2S/c1-13-6-2-3-7-14(13)18-10-11-19(28-18)17-12-20(21(23,24)25)26-27(17)16-9-5-4-8-15(16)22/h2-12H,1H3. The van der Waals surface area contributed by atoms with Gasteiger partial charge in [-0.15, -0.1) is 11.3 Å². The lowest BCUT2D eigenvalue weighted by atomic mass is 10.1. The first kappa shape index (κ1) is 18.8. The Morgan fingerprint density at radius 1 is 0.929 bits per heavy atom. The van der Waals surface area contributed by atoms with Crippen LogP contribution >= 0.6 is 22.9 Å².